The van der Waals surface area contributed by atoms with Gasteiger partial charge < -0.3 is 4.74 Å². The Labute approximate surface area is 81.3 Å². The molecular weight excluding hydrogens is 164 g/mol. The standard InChI is InChI=1S/C9H14O2.C2H6/c1-4-8(2)5-6-9(3)11-7-10;1-2/h5-7H,4H2,1-3H3;1-2H3/b8-5+,9-6+;. The van der Waals surface area contributed by atoms with E-state index in [0.717, 1.165) is 6.42 Å². The lowest BCUT2D eigenvalue weighted by Gasteiger charge is -1.94. The van der Waals surface area contributed by atoms with Crippen molar-refractivity contribution in [3.63, 3.8) is 0 Å². The highest BCUT2D eigenvalue weighted by Gasteiger charge is 1.84. The van der Waals surface area contributed by atoms with Crippen LogP contribution in [0.25, 0.3) is 0 Å². The Balaban J connectivity index is 0. The summed E-state index contributed by atoms with van der Waals surface area (Å²) in [7, 11) is 0. The number of hydrogen-bond acceptors (Lipinski definition) is 2. The van der Waals surface area contributed by atoms with E-state index in [0.29, 0.717) is 12.2 Å². The molecule has 0 heterocycles. The number of carbonyl (C=O) groups is 1. The molecule has 0 atom stereocenters. The molecule has 0 aromatic carbocycles. The molecule has 0 radical (unpaired) electrons. The Bertz CT molecular complexity index is 179. The zero-order valence-corrected chi connectivity index (χ0v) is 9.26. The Morgan fingerprint density at radius 2 is 1.77 bits per heavy atom. The van der Waals surface area contributed by atoms with Crippen molar-refractivity contribution < 1.29 is 9.53 Å². The Hall–Kier alpha value is -1.05. The maximum atomic E-state index is 9.85. The second-order valence-corrected chi connectivity index (χ2v) is 2.36. The maximum Gasteiger partial charge on any atom is 0.298 e. The molecule has 0 saturated carbocycles. The maximum absolute atomic E-state index is 9.85. The van der Waals surface area contributed by atoms with Crippen LogP contribution in [0, 0.1) is 0 Å². The quantitative estimate of drug-likeness (QED) is 0.380. The van der Waals surface area contributed by atoms with E-state index in [1.807, 2.05) is 26.8 Å². The van der Waals surface area contributed by atoms with Crippen molar-refractivity contribution >= 4 is 6.47 Å². The normalized spacial score (nSPS) is 11.5. The minimum atomic E-state index is 0.432. The molecule has 0 N–H and O–H groups in total. The van der Waals surface area contributed by atoms with Gasteiger partial charge >= 0.3 is 0 Å². The zero-order chi connectivity index (χ0) is 10.7. The molecular formula is C11H20O2. The summed E-state index contributed by atoms with van der Waals surface area (Å²) >= 11 is 0. The second kappa shape index (κ2) is 11.0. The van der Waals surface area contributed by atoms with Gasteiger partial charge in [-0.2, -0.15) is 0 Å². The van der Waals surface area contributed by atoms with Crippen molar-refractivity contribution in [3.05, 3.63) is 23.5 Å². The van der Waals surface area contributed by atoms with Gasteiger partial charge in [0.25, 0.3) is 6.47 Å². The monoisotopic (exact) mass is 184 g/mol. The summed E-state index contributed by atoms with van der Waals surface area (Å²) in [4.78, 5) is 9.85. The predicted molar refractivity (Wildman–Crippen MR) is 56.3 cm³/mol. The number of allylic oxidation sites excluding steroid dienone is 4. The molecule has 2 nitrogen and oxygen atoms in total. The van der Waals surface area contributed by atoms with Crippen LogP contribution < -0.4 is 0 Å². The van der Waals surface area contributed by atoms with Gasteiger partial charge in [-0.1, -0.05) is 32.4 Å². The molecule has 2 heteroatoms. The third kappa shape index (κ3) is 10.9. The Morgan fingerprint density at radius 3 is 2.15 bits per heavy atom. The first-order valence-corrected chi connectivity index (χ1v) is 4.65. The summed E-state index contributed by atoms with van der Waals surface area (Å²) in [5, 5.41) is 0. The molecule has 0 aromatic rings. The van der Waals surface area contributed by atoms with Crippen LogP contribution in [0.4, 0.5) is 0 Å². The van der Waals surface area contributed by atoms with Crippen LogP contribution in [-0.2, 0) is 9.53 Å². The van der Waals surface area contributed by atoms with Gasteiger partial charge in [0.2, 0.25) is 0 Å². The third-order valence-electron chi connectivity index (χ3n) is 1.39. The fourth-order valence-electron chi connectivity index (χ4n) is 0.493. The third-order valence-corrected chi connectivity index (χ3v) is 1.39. The van der Waals surface area contributed by atoms with Gasteiger partial charge in [-0.3, -0.25) is 4.79 Å². The molecule has 0 aliphatic heterocycles. The van der Waals surface area contributed by atoms with Crippen molar-refractivity contribution in [2.24, 2.45) is 0 Å². The van der Waals surface area contributed by atoms with E-state index in [2.05, 4.69) is 11.7 Å². The highest BCUT2D eigenvalue weighted by atomic mass is 16.5. The van der Waals surface area contributed by atoms with E-state index in [1.165, 1.54) is 5.57 Å². The first-order valence-electron chi connectivity index (χ1n) is 4.65. The highest BCUT2D eigenvalue weighted by Crippen LogP contribution is 2.00. The minimum absolute atomic E-state index is 0.432. The van der Waals surface area contributed by atoms with Gasteiger partial charge in [-0.25, -0.2) is 0 Å². The molecule has 0 aromatic heterocycles. The van der Waals surface area contributed by atoms with E-state index in [1.54, 1.807) is 13.0 Å². The van der Waals surface area contributed by atoms with E-state index < -0.39 is 0 Å². The molecule has 0 saturated heterocycles. The smallest absolute Gasteiger partial charge is 0.298 e. The zero-order valence-electron chi connectivity index (χ0n) is 9.26. The van der Waals surface area contributed by atoms with Crippen LogP contribution in [0.1, 0.15) is 41.0 Å². The van der Waals surface area contributed by atoms with E-state index >= 15 is 0 Å². The summed E-state index contributed by atoms with van der Waals surface area (Å²) in [6.07, 6.45) is 4.75. The summed E-state index contributed by atoms with van der Waals surface area (Å²) in [5.41, 5.74) is 1.26. The van der Waals surface area contributed by atoms with Crippen molar-refractivity contribution in [1.82, 2.24) is 0 Å². The first kappa shape index (κ1) is 14.5. The topological polar surface area (TPSA) is 26.3 Å². The first-order chi connectivity index (χ1) is 6.20. The van der Waals surface area contributed by atoms with Crippen LogP contribution >= 0.6 is 0 Å². The number of hydrogen-bond donors (Lipinski definition) is 0. The lowest BCUT2D eigenvalue weighted by atomic mass is 10.2. The molecule has 76 valence electrons. The Kier molecular flexibility index (Phi) is 12.2. The average Bonchev–Trinajstić information content (AvgIpc) is 2.18. The van der Waals surface area contributed by atoms with Gasteiger partial charge in [-0.15, -0.1) is 0 Å². The Morgan fingerprint density at radius 1 is 1.23 bits per heavy atom. The van der Waals surface area contributed by atoms with Gasteiger partial charge in [0.15, 0.2) is 0 Å². The molecule has 0 aliphatic rings. The SMILES string of the molecule is CC.CC/C(C)=C/C=C(\C)OC=O. The number of carbonyl (C=O) groups excluding carboxylic acids is 1. The van der Waals surface area contributed by atoms with Crippen molar-refractivity contribution in [1.29, 1.82) is 0 Å². The lowest BCUT2D eigenvalue weighted by molar-refractivity contribution is -0.124. The van der Waals surface area contributed by atoms with Gasteiger partial charge in [0, 0.05) is 0 Å². The summed E-state index contributed by atoms with van der Waals surface area (Å²) in [6.45, 7) is 10.3. The van der Waals surface area contributed by atoms with E-state index in [4.69, 9.17) is 0 Å². The van der Waals surface area contributed by atoms with Gasteiger partial charge in [-0.05, 0) is 26.3 Å². The molecule has 0 aliphatic carbocycles. The summed E-state index contributed by atoms with van der Waals surface area (Å²) < 4.78 is 4.57. The second-order valence-electron chi connectivity index (χ2n) is 2.36. The van der Waals surface area contributed by atoms with E-state index in [-0.39, 0.29) is 0 Å². The van der Waals surface area contributed by atoms with Gasteiger partial charge in [0.1, 0.15) is 5.76 Å². The fourth-order valence-corrected chi connectivity index (χ4v) is 0.493. The molecule has 13 heavy (non-hydrogen) atoms. The van der Waals surface area contributed by atoms with Crippen LogP contribution in [0.5, 0.6) is 0 Å². The predicted octanol–water partition coefficient (Wildman–Crippen LogP) is 3.45. The molecule has 0 amide bonds. The molecule has 0 bridgehead atoms. The summed E-state index contributed by atoms with van der Waals surface area (Å²) in [5.74, 6) is 0.618. The van der Waals surface area contributed by atoms with Gasteiger partial charge in [0.05, 0.1) is 0 Å². The van der Waals surface area contributed by atoms with Crippen molar-refractivity contribution in [3.8, 4) is 0 Å². The molecule has 0 unspecified atom stereocenters. The molecule has 0 rings (SSSR count). The van der Waals surface area contributed by atoms with Crippen LogP contribution in [0.3, 0.4) is 0 Å². The minimum Gasteiger partial charge on any atom is -0.434 e. The average molecular weight is 184 g/mol. The van der Waals surface area contributed by atoms with Crippen LogP contribution in [-0.4, -0.2) is 6.47 Å². The lowest BCUT2D eigenvalue weighted by Crippen LogP contribution is -1.82. The fraction of sp³-hybridized carbons (Fsp3) is 0.545. The van der Waals surface area contributed by atoms with Crippen molar-refractivity contribution in [2.45, 2.75) is 41.0 Å². The number of rotatable bonds is 4. The highest BCUT2D eigenvalue weighted by molar-refractivity contribution is 5.39. The van der Waals surface area contributed by atoms with Crippen LogP contribution in [0.15, 0.2) is 23.5 Å². The van der Waals surface area contributed by atoms with E-state index in [9.17, 15) is 4.79 Å². The largest absolute Gasteiger partial charge is 0.434 e. The molecule has 0 spiro atoms. The summed E-state index contributed by atoms with van der Waals surface area (Å²) in [6, 6.07) is 0. The number of ether oxygens (including phenoxy) is 1. The van der Waals surface area contributed by atoms with Crippen molar-refractivity contribution in [2.75, 3.05) is 0 Å². The molecule has 0 fully saturated rings. The van der Waals surface area contributed by atoms with Crippen LogP contribution in [0.2, 0.25) is 0 Å².